The number of benzene rings is 1. The Morgan fingerprint density at radius 3 is 3.06 bits per heavy atom. The molecular formula is C12H12N2O3S. The predicted octanol–water partition coefficient (Wildman–Crippen LogP) is 2.46. The summed E-state index contributed by atoms with van der Waals surface area (Å²) < 4.78 is 5.11. The number of aromatic carboxylic acids is 1. The number of ether oxygens (including phenoxy) is 1. The van der Waals surface area contributed by atoms with Gasteiger partial charge in [-0.1, -0.05) is 6.07 Å². The lowest BCUT2D eigenvalue weighted by atomic mass is 10.3. The molecule has 0 unspecified atom stereocenters. The molecule has 0 radical (unpaired) electrons. The third kappa shape index (κ3) is 2.98. The molecule has 94 valence electrons. The van der Waals surface area contributed by atoms with Gasteiger partial charge in [0.25, 0.3) is 0 Å². The third-order valence-corrected chi connectivity index (χ3v) is 3.16. The zero-order chi connectivity index (χ0) is 13.0. The predicted molar refractivity (Wildman–Crippen MR) is 69.4 cm³/mol. The Kier molecular flexibility index (Phi) is 3.78. The molecule has 1 aromatic carbocycles. The van der Waals surface area contributed by atoms with E-state index in [-0.39, 0.29) is 5.01 Å². The second-order valence-corrected chi connectivity index (χ2v) is 4.39. The number of nitrogens with zero attached hydrogens (tertiary/aromatic N) is 1. The largest absolute Gasteiger partial charge is 0.497 e. The van der Waals surface area contributed by atoms with Gasteiger partial charge in [0.2, 0.25) is 5.01 Å². The average molecular weight is 264 g/mol. The highest BCUT2D eigenvalue weighted by atomic mass is 32.1. The van der Waals surface area contributed by atoms with Crippen LogP contribution >= 0.6 is 11.3 Å². The van der Waals surface area contributed by atoms with Crippen LogP contribution in [0.5, 0.6) is 5.75 Å². The Bertz CT molecular complexity index is 554. The summed E-state index contributed by atoms with van der Waals surface area (Å²) in [5.41, 5.74) is 1.61. The van der Waals surface area contributed by atoms with E-state index in [2.05, 4.69) is 10.3 Å². The fourth-order valence-electron chi connectivity index (χ4n) is 1.41. The molecule has 6 heteroatoms. The summed E-state index contributed by atoms with van der Waals surface area (Å²) in [6, 6.07) is 7.51. The number of nitrogens with one attached hydrogen (secondary N) is 1. The maximum atomic E-state index is 10.7. The number of hydrogen-bond acceptors (Lipinski definition) is 5. The van der Waals surface area contributed by atoms with E-state index in [1.54, 1.807) is 12.5 Å². The topological polar surface area (TPSA) is 71.5 Å². The highest BCUT2D eigenvalue weighted by Crippen LogP contribution is 2.18. The van der Waals surface area contributed by atoms with Gasteiger partial charge in [0.1, 0.15) is 5.75 Å². The standard InChI is InChI=1S/C12H12N2O3S/c1-17-10-4-2-3-8(5-10)13-6-9-7-18-11(14-9)12(15)16/h2-5,7,13H,6H2,1H3,(H,15,16). The molecule has 0 aliphatic carbocycles. The fraction of sp³-hybridized carbons (Fsp3) is 0.167. The van der Waals surface area contributed by atoms with Crippen LogP contribution in [0.4, 0.5) is 5.69 Å². The van der Waals surface area contributed by atoms with Crippen LogP contribution in [0.25, 0.3) is 0 Å². The molecule has 2 aromatic rings. The summed E-state index contributed by atoms with van der Waals surface area (Å²) in [6.07, 6.45) is 0. The first-order valence-corrected chi connectivity index (χ1v) is 6.12. The first-order valence-electron chi connectivity index (χ1n) is 5.24. The number of carboxylic acid groups (broad SMARTS) is 1. The lowest BCUT2D eigenvalue weighted by Crippen LogP contribution is -2.01. The van der Waals surface area contributed by atoms with Gasteiger partial charge in [0, 0.05) is 17.1 Å². The molecular weight excluding hydrogens is 252 g/mol. The molecule has 0 aliphatic rings. The molecule has 0 aliphatic heterocycles. The van der Waals surface area contributed by atoms with Crippen molar-refractivity contribution in [1.29, 1.82) is 0 Å². The molecule has 0 amide bonds. The molecule has 0 bridgehead atoms. The highest BCUT2D eigenvalue weighted by Gasteiger charge is 2.08. The van der Waals surface area contributed by atoms with E-state index in [0.717, 1.165) is 22.8 Å². The minimum Gasteiger partial charge on any atom is -0.497 e. The van der Waals surface area contributed by atoms with Gasteiger partial charge in [-0.05, 0) is 12.1 Å². The molecule has 0 spiro atoms. The Labute approximate surface area is 108 Å². The van der Waals surface area contributed by atoms with Crippen LogP contribution < -0.4 is 10.1 Å². The second kappa shape index (κ2) is 5.50. The van der Waals surface area contributed by atoms with Crippen LogP contribution in [-0.2, 0) is 6.54 Å². The van der Waals surface area contributed by atoms with Gasteiger partial charge in [0.15, 0.2) is 0 Å². The summed E-state index contributed by atoms with van der Waals surface area (Å²) in [7, 11) is 1.61. The number of anilines is 1. The molecule has 18 heavy (non-hydrogen) atoms. The summed E-state index contributed by atoms with van der Waals surface area (Å²) in [5, 5.41) is 13.8. The van der Waals surface area contributed by atoms with Crippen molar-refractivity contribution in [2.45, 2.75) is 6.54 Å². The molecule has 0 saturated heterocycles. The van der Waals surface area contributed by atoms with Crippen molar-refractivity contribution in [2.24, 2.45) is 0 Å². The van der Waals surface area contributed by atoms with Gasteiger partial charge < -0.3 is 15.2 Å². The van der Waals surface area contributed by atoms with E-state index >= 15 is 0 Å². The fourth-order valence-corrected chi connectivity index (χ4v) is 2.07. The number of aromatic nitrogens is 1. The van der Waals surface area contributed by atoms with E-state index in [4.69, 9.17) is 9.84 Å². The van der Waals surface area contributed by atoms with Crippen molar-refractivity contribution in [2.75, 3.05) is 12.4 Å². The summed E-state index contributed by atoms with van der Waals surface area (Å²) in [5.74, 6) is -0.225. The summed E-state index contributed by atoms with van der Waals surface area (Å²) in [6.45, 7) is 0.483. The van der Waals surface area contributed by atoms with Crippen molar-refractivity contribution >= 4 is 23.0 Å². The lowest BCUT2D eigenvalue weighted by molar-refractivity contribution is 0.0696. The van der Waals surface area contributed by atoms with Gasteiger partial charge >= 0.3 is 5.97 Å². The van der Waals surface area contributed by atoms with Crippen molar-refractivity contribution in [3.05, 3.63) is 40.3 Å². The number of carboxylic acids is 1. The molecule has 1 aromatic heterocycles. The normalized spacial score (nSPS) is 10.1. The Morgan fingerprint density at radius 1 is 1.56 bits per heavy atom. The quantitative estimate of drug-likeness (QED) is 0.868. The summed E-state index contributed by atoms with van der Waals surface area (Å²) in [4.78, 5) is 14.7. The average Bonchev–Trinajstić information content (AvgIpc) is 2.85. The number of carbonyl (C=O) groups is 1. The molecule has 0 saturated carbocycles. The Morgan fingerprint density at radius 2 is 2.39 bits per heavy atom. The van der Waals surface area contributed by atoms with Crippen molar-refractivity contribution in [3.8, 4) is 5.75 Å². The van der Waals surface area contributed by atoms with Gasteiger partial charge in [0.05, 0.1) is 19.3 Å². The van der Waals surface area contributed by atoms with Crippen LogP contribution in [0, 0.1) is 0 Å². The maximum Gasteiger partial charge on any atom is 0.365 e. The number of hydrogen-bond donors (Lipinski definition) is 2. The van der Waals surface area contributed by atoms with Crippen LogP contribution in [0.3, 0.4) is 0 Å². The number of thiazole rings is 1. The van der Waals surface area contributed by atoms with Gasteiger partial charge in [-0.2, -0.15) is 0 Å². The Balaban J connectivity index is 1.99. The number of methoxy groups -OCH3 is 1. The minimum atomic E-state index is -0.993. The van der Waals surface area contributed by atoms with E-state index < -0.39 is 5.97 Å². The van der Waals surface area contributed by atoms with Crippen LogP contribution in [0.2, 0.25) is 0 Å². The molecule has 0 atom stereocenters. The van der Waals surface area contributed by atoms with E-state index in [1.807, 2.05) is 24.3 Å². The SMILES string of the molecule is COc1cccc(NCc2csc(C(=O)O)n2)c1. The highest BCUT2D eigenvalue weighted by molar-refractivity contribution is 7.11. The molecule has 1 heterocycles. The monoisotopic (exact) mass is 264 g/mol. The van der Waals surface area contributed by atoms with Crippen molar-refractivity contribution in [1.82, 2.24) is 4.98 Å². The molecule has 0 fully saturated rings. The lowest BCUT2D eigenvalue weighted by Gasteiger charge is -2.06. The zero-order valence-corrected chi connectivity index (χ0v) is 10.5. The van der Waals surface area contributed by atoms with Gasteiger partial charge in [-0.25, -0.2) is 9.78 Å². The van der Waals surface area contributed by atoms with E-state index in [0.29, 0.717) is 12.2 Å². The number of rotatable bonds is 5. The van der Waals surface area contributed by atoms with Crippen LogP contribution in [0.1, 0.15) is 15.5 Å². The third-order valence-electron chi connectivity index (χ3n) is 2.28. The van der Waals surface area contributed by atoms with Crippen molar-refractivity contribution in [3.63, 3.8) is 0 Å². The smallest absolute Gasteiger partial charge is 0.365 e. The molecule has 2 N–H and O–H groups in total. The van der Waals surface area contributed by atoms with Crippen LogP contribution in [0.15, 0.2) is 29.6 Å². The van der Waals surface area contributed by atoms with E-state index in [1.165, 1.54) is 0 Å². The first-order chi connectivity index (χ1) is 8.69. The summed E-state index contributed by atoms with van der Waals surface area (Å²) >= 11 is 1.13. The van der Waals surface area contributed by atoms with Gasteiger partial charge in [-0.15, -0.1) is 11.3 Å². The second-order valence-electron chi connectivity index (χ2n) is 3.53. The maximum absolute atomic E-state index is 10.7. The van der Waals surface area contributed by atoms with Crippen LogP contribution in [-0.4, -0.2) is 23.2 Å². The van der Waals surface area contributed by atoms with Crippen molar-refractivity contribution < 1.29 is 14.6 Å². The van der Waals surface area contributed by atoms with E-state index in [9.17, 15) is 4.79 Å². The minimum absolute atomic E-state index is 0.109. The molecule has 2 rings (SSSR count). The molecule has 5 nitrogen and oxygen atoms in total. The Hall–Kier alpha value is -2.08. The van der Waals surface area contributed by atoms with Gasteiger partial charge in [-0.3, -0.25) is 0 Å². The first kappa shape index (κ1) is 12.4. The zero-order valence-electron chi connectivity index (χ0n) is 9.71.